The molecule has 5 heterocycles. The summed E-state index contributed by atoms with van der Waals surface area (Å²) in [4.78, 5) is 22.7. The van der Waals surface area contributed by atoms with E-state index in [1.165, 1.54) is 21.7 Å². The van der Waals surface area contributed by atoms with Crippen LogP contribution >= 0.6 is 11.3 Å². The molecule has 0 aromatic carbocycles. The smallest absolute Gasteiger partial charge is 0.225 e. The van der Waals surface area contributed by atoms with Gasteiger partial charge in [0.2, 0.25) is 5.95 Å². The largest absolute Gasteiger partial charge is 0.353 e. The van der Waals surface area contributed by atoms with Crippen LogP contribution in [0.4, 0.5) is 11.8 Å². The first-order valence-electron chi connectivity index (χ1n) is 10.3. The molecule has 0 atom stereocenters. The molecule has 7 heteroatoms. The lowest BCUT2D eigenvalue weighted by atomic mass is 10.1. The first kappa shape index (κ1) is 18.5. The number of pyridine rings is 1. The number of hydrogen-bond donors (Lipinski definition) is 0. The minimum atomic E-state index is 0.881. The molecule has 2 aliphatic rings. The number of piperazine rings is 1. The van der Waals surface area contributed by atoms with Crippen LogP contribution in [0.2, 0.25) is 0 Å². The first-order valence-corrected chi connectivity index (χ1v) is 11.2. The molecule has 0 aliphatic carbocycles. The van der Waals surface area contributed by atoms with Crippen LogP contribution in [0.5, 0.6) is 0 Å². The summed E-state index contributed by atoms with van der Waals surface area (Å²) in [7, 11) is 0. The maximum Gasteiger partial charge on any atom is 0.225 e. The number of aromatic nitrogens is 3. The maximum absolute atomic E-state index is 4.94. The standard InChI is InChI=1S/C22H26N6S/c1-17-6-13-29-20(17)16-26-8-5-19-18(15-26)14-24-22(25-19)28-11-9-27(10-12-28)21-4-2-3-7-23-21/h2-4,6-7,13-14H,5,8-12,15-16H2,1H3. The number of aryl methyl sites for hydroxylation is 1. The highest BCUT2D eigenvalue weighted by Gasteiger charge is 2.23. The Morgan fingerprint density at radius 1 is 1.00 bits per heavy atom. The number of thiophene rings is 1. The summed E-state index contributed by atoms with van der Waals surface area (Å²) >= 11 is 1.86. The number of nitrogens with zero attached hydrogens (tertiary/aromatic N) is 6. The highest BCUT2D eigenvalue weighted by molar-refractivity contribution is 7.10. The van der Waals surface area contributed by atoms with Crippen molar-refractivity contribution in [2.75, 3.05) is 42.5 Å². The van der Waals surface area contributed by atoms with Crippen molar-refractivity contribution in [1.82, 2.24) is 19.9 Å². The summed E-state index contributed by atoms with van der Waals surface area (Å²) in [5, 5.41) is 2.19. The van der Waals surface area contributed by atoms with Crippen LogP contribution < -0.4 is 9.80 Å². The Bertz CT molecular complexity index is 964. The average Bonchev–Trinajstić information content (AvgIpc) is 3.18. The third-order valence-corrected chi connectivity index (χ3v) is 6.88. The van der Waals surface area contributed by atoms with Crippen molar-refractivity contribution in [1.29, 1.82) is 0 Å². The van der Waals surface area contributed by atoms with Crippen LogP contribution in [0.3, 0.4) is 0 Å². The van der Waals surface area contributed by atoms with Gasteiger partial charge in [0.25, 0.3) is 0 Å². The molecule has 3 aromatic heterocycles. The Morgan fingerprint density at radius 3 is 2.62 bits per heavy atom. The van der Waals surface area contributed by atoms with E-state index in [0.29, 0.717) is 0 Å². The average molecular weight is 407 g/mol. The molecule has 150 valence electrons. The SMILES string of the molecule is Cc1ccsc1CN1CCc2nc(N3CCN(c4ccccn4)CC3)ncc2C1. The zero-order valence-electron chi connectivity index (χ0n) is 16.8. The van der Waals surface area contributed by atoms with E-state index in [9.17, 15) is 0 Å². The van der Waals surface area contributed by atoms with E-state index in [1.807, 2.05) is 29.7 Å². The second kappa shape index (κ2) is 8.08. The highest BCUT2D eigenvalue weighted by Crippen LogP contribution is 2.24. The van der Waals surface area contributed by atoms with Gasteiger partial charge < -0.3 is 9.80 Å². The fourth-order valence-corrected chi connectivity index (χ4v) is 5.04. The Labute approximate surface area is 175 Å². The highest BCUT2D eigenvalue weighted by atomic mass is 32.1. The van der Waals surface area contributed by atoms with Crippen molar-refractivity contribution in [3.8, 4) is 0 Å². The van der Waals surface area contributed by atoms with Gasteiger partial charge in [-0.2, -0.15) is 0 Å². The second-order valence-electron chi connectivity index (χ2n) is 7.79. The van der Waals surface area contributed by atoms with Crippen molar-refractivity contribution < 1.29 is 0 Å². The number of fused-ring (bicyclic) bond motifs is 1. The normalized spacial score (nSPS) is 17.4. The lowest BCUT2D eigenvalue weighted by Gasteiger charge is -2.36. The molecular formula is C22H26N6S. The molecule has 5 rings (SSSR count). The van der Waals surface area contributed by atoms with Gasteiger partial charge in [0.15, 0.2) is 0 Å². The summed E-state index contributed by atoms with van der Waals surface area (Å²) in [5.74, 6) is 1.94. The van der Waals surface area contributed by atoms with Crippen LogP contribution in [-0.4, -0.2) is 52.6 Å². The fourth-order valence-electron chi connectivity index (χ4n) is 4.10. The number of anilines is 2. The van der Waals surface area contributed by atoms with E-state index in [1.54, 1.807) is 0 Å². The first-order chi connectivity index (χ1) is 14.3. The molecule has 0 saturated carbocycles. The van der Waals surface area contributed by atoms with Gasteiger partial charge in [0.1, 0.15) is 5.82 Å². The second-order valence-corrected chi connectivity index (χ2v) is 8.79. The van der Waals surface area contributed by atoms with Crippen molar-refractivity contribution in [2.45, 2.75) is 26.4 Å². The molecule has 0 spiro atoms. The van der Waals surface area contributed by atoms with Crippen LogP contribution in [0.1, 0.15) is 21.7 Å². The molecule has 6 nitrogen and oxygen atoms in total. The molecule has 0 amide bonds. The van der Waals surface area contributed by atoms with Crippen LogP contribution in [0.15, 0.2) is 42.0 Å². The lowest BCUT2D eigenvalue weighted by Crippen LogP contribution is -2.47. The molecule has 0 N–H and O–H groups in total. The van der Waals surface area contributed by atoms with Gasteiger partial charge in [-0.3, -0.25) is 4.90 Å². The zero-order chi connectivity index (χ0) is 19.6. The topological polar surface area (TPSA) is 48.4 Å². The van der Waals surface area contributed by atoms with Crippen molar-refractivity contribution in [3.05, 3.63) is 63.7 Å². The molecular weight excluding hydrogens is 380 g/mol. The van der Waals surface area contributed by atoms with E-state index in [0.717, 1.165) is 64.0 Å². The van der Waals surface area contributed by atoms with E-state index in [4.69, 9.17) is 9.97 Å². The Morgan fingerprint density at radius 2 is 1.86 bits per heavy atom. The minimum Gasteiger partial charge on any atom is -0.353 e. The molecule has 29 heavy (non-hydrogen) atoms. The molecule has 1 fully saturated rings. The van der Waals surface area contributed by atoms with Gasteiger partial charge in [-0.1, -0.05) is 6.07 Å². The molecule has 0 bridgehead atoms. The van der Waals surface area contributed by atoms with E-state index >= 15 is 0 Å². The van der Waals surface area contributed by atoms with Crippen molar-refractivity contribution >= 4 is 23.1 Å². The summed E-state index contributed by atoms with van der Waals surface area (Å²) in [6.45, 7) is 9.00. The van der Waals surface area contributed by atoms with Gasteiger partial charge in [0.05, 0.1) is 5.69 Å². The third-order valence-electron chi connectivity index (χ3n) is 5.87. The molecule has 1 saturated heterocycles. The van der Waals surface area contributed by atoms with Crippen LogP contribution in [-0.2, 0) is 19.5 Å². The van der Waals surface area contributed by atoms with Crippen LogP contribution in [0.25, 0.3) is 0 Å². The summed E-state index contributed by atoms with van der Waals surface area (Å²) in [6, 6.07) is 8.29. The van der Waals surface area contributed by atoms with Crippen molar-refractivity contribution in [2.24, 2.45) is 0 Å². The lowest BCUT2D eigenvalue weighted by molar-refractivity contribution is 0.244. The maximum atomic E-state index is 4.94. The van der Waals surface area contributed by atoms with E-state index in [2.05, 4.69) is 50.3 Å². The Kier molecular flexibility index (Phi) is 5.16. The molecule has 0 radical (unpaired) electrons. The predicted molar refractivity (Wildman–Crippen MR) is 118 cm³/mol. The van der Waals surface area contributed by atoms with Gasteiger partial charge in [-0.05, 0) is 36.1 Å². The summed E-state index contributed by atoms with van der Waals surface area (Å²) < 4.78 is 0. The Hall–Kier alpha value is -2.51. The van der Waals surface area contributed by atoms with Gasteiger partial charge in [-0.15, -0.1) is 11.3 Å². The summed E-state index contributed by atoms with van der Waals surface area (Å²) in [5.41, 5.74) is 3.90. The van der Waals surface area contributed by atoms with Gasteiger partial charge in [-0.25, -0.2) is 15.0 Å². The summed E-state index contributed by atoms with van der Waals surface area (Å²) in [6.07, 6.45) is 4.91. The number of rotatable bonds is 4. The fraction of sp³-hybridized carbons (Fsp3) is 0.409. The monoisotopic (exact) mass is 406 g/mol. The number of hydrogen-bond acceptors (Lipinski definition) is 7. The minimum absolute atomic E-state index is 0.881. The van der Waals surface area contributed by atoms with E-state index in [-0.39, 0.29) is 0 Å². The van der Waals surface area contributed by atoms with Gasteiger partial charge in [0, 0.05) is 75.1 Å². The van der Waals surface area contributed by atoms with E-state index < -0.39 is 0 Å². The van der Waals surface area contributed by atoms with Gasteiger partial charge >= 0.3 is 0 Å². The molecule has 3 aromatic rings. The molecule has 2 aliphatic heterocycles. The van der Waals surface area contributed by atoms with Crippen LogP contribution in [0, 0.1) is 6.92 Å². The quantitative estimate of drug-likeness (QED) is 0.664. The zero-order valence-corrected chi connectivity index (χ0v) is 17.6. The van der Waals surface area contributed by atoms with Crippen molar-refractivity contribution in [3.63, 3.8) is 0 Å². The molecule has 0 unspecified atom stereocenters. The Balaban J connectivity index is 1.22. The predicted octanol–water partition coefficient (Wildman–Crippen LogP) is 3.13. The third kappa shape index (κ3) is 3.97.